The van der Waals surface area contributed by atoms with Crippen molar-refractivity contribution in [2.45, 2.75) is 0 Å². The summed E-state index contributed by atoms with van der Waals surface area (Å²) >= 11 is 5.77. The summed E-state index contributed by atoms with van der Waals surface area (Å²) in [5.74, 6) is 0.0960. The number of halogens is 1. The van der Waals surface area contributed by atoms with Gasteiger partial charge in [-0.1, -0.05) is 23.7 Å². The maximum absolute atomic E-state index is 11.1. The Morgan fingerprint density at radius 1 is 1.21 bits per heavy atom. The van der Waals surface area contributed by atoms with Gasteiger partial charge in [0.2, 0.25) is 11.0 Å². The summed E-state index contributed by atoms with van der Waals surface area (Å²) in [5, 5.41) is 10.9. The summed E-state index contributed by atoms with van der Waals surface area (Å²) < 4.78 is 1.51. The number of para-hydroxylation sites is 2. The van der Waals surface area contributed by atoms with E-state index in [1.807, 2.05) is 12.1 Å². The van der Waals surface area contributed by atoms with Gasteiger partial charge in [-0.05, 0) is 12.1 Å². The highest BCUT2D eigenvalue weighted by atomic mass is 35.5. The van der Waals surface area contributed by atoms with Gasteiger partial charge < -0.3 is 0 Å². The van der Waals surface area contributed by atoms with Crippen molar-refractivity contribution in [2.24, 2.45) is 0 Å². The van der Waals surface area contributed by atoms with Crippen molar-refractivity contribution >= 4 is 28.3 Å². The van der Waals surface area contributed by atoms with Crippen molar-refractivity contribution in [1.29, 1.82) is 0 Å². The molecule has 0 amide bonds. The van der Waals surface area contributed by atoms with Gasteiger partial charge in [0.15, 0.2) is 0 Å². The van der Waals surface area contributed by atoms with Crippen LogP contribution in [0.3, 0.4) is 0 Å². The smallest absolute Gasteiger partial charge is 0.277 e. The van der Waals surface area contributed by atoms with Gasteiger partial charge in [0.1, 0.15) is 12.7 Å². The first-order valence-corrected chi connectivity index (χ1v) is 5.63. The summed E-state index contributed by atoms with van der Waals surface area (Å²) in [5.41, 5.74) is 1.08. The Morgan fingerprint density at radius 3 is 2.79 bits per heavy atom. The maximum atomic E-state index is 11.1. The van der Waals surface area contributed by atoms with Gasteiger partial charge in [0.05, 0.1) is 16.0 Å². The van der Waals surface area contributed by atoms with E-state index in [1.54, 1.807) is 12.1 Å². The fraction of sp³-hybridized carbons (Fsp3) is 0. The van der Waals surface area contributed by atoms with Crippen LogP contribution in [0, 0.1) is 10.1 Å². The molecule has 19 heavy (non-hydrogen) atoms. The van der Waals surface area contributed by atoms with Crippen LogP contribution in [-0.2, 0) is 0 Å². The largest absolute Gasteiger partial charge is 0.349 e. The molecule has 0 aliphatic carbocycles. The predicted octanol–water partition coefficient (Wildman–Crippen LogP) is 2.38. The van der Waals surface area contributed by atoms with Gasteiger partial charge in [-0.2, -0.15) is 0 Å². The average molecular weight is 276 g/mol. The van der Waals surface area contributed by atoms with Gasteiger partial charge in [-0.15, -0.1) is 0 Å². The number of rotatable bonds is 2. The molecule has 0 fully saturated rings. The first-order chi connectivity index (χ1) is 9.18. The average Bonchev–Trinajstić information content (AvgIpc) is 2.81. The van der Waals surface area contributed by atoms with Crippen molar-refractivity contribution in [2.75, 3.05) is 0 Å². The van der Waals surface area contributed by atoms with Crippen LogP contribution >= 0.6 is 11.6 Å². The molecule has 0 saturated carbocycles. The van der Waals surface area contributed by atoms with E-state index in [0.29, 0.717) is 11.0 Å². The number of nitro groups is 1. The maximum Gasteiger partial charge on any atom is 0.349 e. The van der Waals surface area contributed by atoms with E-state index in [4.69, 9.17) is 11.6 Å². The molecule has 3 rings (SSSR count). The second kappa shape index (κ2) is 4.29. The van der Waals surface area contributed by atoms with Gasteiger partial charge >= 0.3 is 5.69 Å². The van der Waals surface area contributed by atoms with Crippen LogP contribution in [0.15, 0.2) is 36.9 Å². The highest BCUT2D eigenvalue weighted by Crippen LogP contribution is 2.29. The molecule has 0 unspecified atom stereocenters. The molecular formula is C11H6ClN5O2. The molecule has 7 nitrogen and oxygen atoms in total. The minimum absolute atomic E-state index is 0.0960. The van der Waals surface area contributed by atoms with Crippen molar-refractivity contribution in [1.82, 2.24) is 19.5 Å². The zero-order valence-corrected chi connectivity index (χ0v) is 10.2. The third kappa shape index (κ3) is 1.80. The minimum atomic E-state index is -0.605. The highest BCUT2D eigenvalue weighted by Gasteiger charge is 2.23. The fourth-order valence-electron chi connectivity index (χ4n) is 1.81. The lowest BCUT2D eigenvalue weighted by atomic mass is 10.3. The Morgan fingerprint density at radius 2 is 2.00 bits per heavy atom. The lowest BCUT2D eigenvalue weighted by molar-refractivity contribution is -0.385. The number of hydrogen-bond donors (Lipinski definition) is 0. The van der Waals surface area contributed by atoms with E-state index in [9.17, 15) is 10.1 Å². The van der Waals surface area contributed by atoms with E-state index in [-0.39, 0.29) is 16.7 Å². The Bertz CT molecular complexity index is 786. The van der Waals surface area contributed by atoms with Crippen LogP contribution in [0.5, 0.6) is 0 Å². The SMILES string of the molecule is O=[N+]([O-])c1c(Cl)ncnc1-n1cnc2ccccc21. The predicted molar refractivity (Wildman–Crippen MR) is 68.3 cm³/mol. The van der Waals surface area contributed by atoms with Gasteiger partial charge in [-0.3, -0.25) is 14.7 Å². The van der Waals surface area contributed by atoms with Crippen LogP contribution in [0.2, 0.25) is 5.15 Å². The second-order valence-corrected chi connectivity index (χ2v) is 4.06. The molecule has 0 bridgehead atoms. The molecule has 0 aliphatic rings. The van der Waals surface area contributed by atoms with E-state index in [1.165, 1.54) is 17.2 Å². The lowest BCUT2D eigenvalue weighted by Gasteiger charge is -2.04. The van der Waals surface area contributed by atoms with Gasteiger partial charge in [-0.25, -0.2) is 15.0 Å². The molecule has 8 heteroatoms. The quantitative estimate of drug-likeness (QED) is 0.407. The first-order valence-electron chi connectivity index (χ1n) is 5.26. The molecule has 1 aromatic carbocycles. The monoisotopic (exact) mass is 275 g/mol. The minimum Gasteiger partial charge on any atom is -0.277 e. The van der Waals surface area contributed by atoms with Gasteiger partial charge in [0, 0.05) is 0 Å². The Balaban J connectivity index is 2.33. The zero-order valence-electron chi connectivity index (χ0n) is 9.39. The summed E-state index contributed by atoms with van der Waals surface area (Å²) in [6, 6.07) is 7.25. The normalized spacial score (nSPS) is 10.8. The zero-order chi connectivity index (χ0) is 13.4. The van der Waals surface area contributed by atoms with Crippen molar-refractivity contribution in [3.05, 3.63) is 52.2 Å². The van der Waals surface area contributed by atoms with Crippen molar-refractivity contribution in [3.8, 4) is 5.82 Å². The number of imidazole rings is 1. The standard InChI is InChI=1S/C11H6ClN5O2/c12-10-9(17(18)19)11(14-5-13-10)16-6-15-7-3-1-2-4-8(7)16/h1-6H. The molecule has 0 atom stereocenters. The van der Waals surface area contributed by atoms with Crippen LogP contribution in [0.4, 0.5) is 5.69 Å². The molecule has 94 valence electrons. The molecule has 0 saturated heterocycles. The Labute approximate surface area is 111 Å². The van der Waals surface area contributed by atoms with Crippen LogP contribution < -0.4 is 0 Å². The summed E-state index contributed by atoms with van der Waals surface area (Å²) in [7, 11) is 0. The number of aromatic nitrogens is 4. The third-order valence-corrected chi connectivity index (χ3v) is 2.90. The van der Waals surface area contributed by atoms with Crippen molar-refractivity contribution < 1.29 is 4.92 Å². The van der Waals surface area contributed by atoms with E-state index < -0.39 is 4.92 Å². The van der Waals surface area contributed by atoms with Gasteiger partial charge in [0.25, 0.3) is 0 Å². The van der Waals surface area contributed by atoms with Crippen molar-refractivity contribution in [3.63, 3.8) is 0 Å². The molecule has 3 aromatic rings. The highest BCUT2D eigenvalue weighted by molar-refractivity contribution is 6.31. The number of benzene rings is 1. The lowest BCUT2D eigenvalue weighted by Crippen LogP contribution is -2.03. The molecule has 0 aliphatic heterocycles. The van der Waals surface area contributed by atoms with Crippen LogP contribution in [-0.4, -0.2) is 24.4 Å². The molecule has 2 heterocycles. The number of fused-ring (bicyclic) bond motifs is 1. The Kier molecular flexibility index (Phi) is 2.60. The molecular weight excluding hydrogens is 270 g/mol. The topological polar surface area (TPSA) is 86.7 Å². The Hall–Kier alpha value is -2.54. The van der Waals surface area contributed by atoms with Crippen LogP contribution in [0.1, 0.15) is 0 Å². The van der Waals surface area contributed by atoms with E-state index in [0.717, 1.165) is 0 Å². The summed E-state index contributed by atoms with van der Waals surface area (Å²) in [4.78, 5) is 22.2. The second-order valence-electron chi connectivity index (χ2n) is 3.70. The fourth-order valence-corrected chi connectivity index (χ4v) is 2.01. The first kappa shape index (κ1) is 11.5. The molecule has 0 N–H and O–H groups in total. The summed E-state index contributed by atoms with van der Waals surface area (Å²) in [6.45, 7) is 0. The molecule has 0 radical (unpaired) electrons. The molecule has 0 spiro atoms. The molecule has 2 aromatic heterocycles. The summed E-state index contributed by atoms with van der Waals surface area (Å²) in [6.07, 6.45) is 2.65. The third-order valence-electron chi connectivity index (χ3n) is 2.62. The van der Waals surface area contributed by atoms with E-state index >= 15 is 0 Å². The van der Waals surface area contributed by atoms with Crippen LogP contribution in [0.25, 0.3) is 16.9 Å². The number of hydrogen-bond acceptors (Lipinski definition) is 5. The van der Waals surface area contributed by atoms with E-state index in [2.05, 4.69) is 15.0 Å². The number of nitrogens with zero attached hydrogens (tertiary/aromatic N) is 5.